The average molecular weight is 384 g/mol. The zero-order valence-corrected chi connectivity index (χ0v) is 17.0. The summed E-state index contributed by atoms with van der Waals surface area (Å²) in [5.74, 6) is 1.85. The highest BCUT2D eigenvalue weighted by atomic mass is 16.2. The number of hydrogen-bond donors (Lipinski definition) is 0. The molecular weight excluding hydrogens is 350 g/mol. The Balaban J connectivity index is 1.19. The predicted octanol–water partition coefficient (Wildman–Crippen LogP) is 2.27. The Kier molecular flexibility index (Phi) is 5.22. The molecule has 152 valence electrons. The van der Waals surface area contributed by atoms with Crippen LogP contribution >= 0.6 is 0 Å². The number of piperidine rings is 2. The predicted molar refractivity (Wildman–Crippen MR) is 109 cm³/mol. The number of amides is 1. The summed E-state index contributed by atoms with van der Waals surface area (Å²) in [5, 5.41) is 0. The fraction of sp³-hybridized carbons (Fsp3) is 0.773. The normalized spacial score (nSPS) is 26.6. The molecule has 0 aromatic carbocycles. The van der Waals surface area contributed by atoms with Crippen LogP contribution in [0.25, 0.3) is 0 Å². The van der Waals surface area contributed by atoms with Crippen LogP contribution in [0.2, 0.25) is 0 Å². The number of anilines is 1. The zero-order valence-electron chi connectivity index (χ0n) is 17.0. The number of aromatic nitrogens is 2. The van der Waals surface area contributed by atoms with E-state index in [4.69, 9.17) is 0 Å². The van der Waals surface area contributed by atoms with Gasteiger partial charge in [0, 0.05) is 50.0 Å². The Morgan fingerprint density at radius 2 is 1.71 bits per heavy atom. The van der Waals surface area contributed by atoms with Crippen molar-refractivity contribution in [3.05, 3.63) is 17.6 Å². The Labute approximate surface area is 168 Å². The molecular formula is C22H33N5O. The highest BCUT2D eigenvalue weighted by Gasteiger charge is 2.34. The molecule has 4 aliphatic rings. The maximum atomic E-state index is 12.9. The van der Waals surface area contributed by atoms with Gasteiger partial charge in [-0.1, -0.05) is 0 Å². The summed E-state index contributed by atoms with van der Waals surface area (Å²) >= 11 is 0. The second kappa shape index (κ2) is 7.97. The van der Waals surface area contributed by atoms with E-state index in [0.29, 0.717) is 11.9 Å². The summed E-state index contributed by atoms with van der Waals surface area (Å²) in [5.41, 5.74) is 2.67. The molecule has 28 heavy (non-hydrogen) atoms. The van der Waals surface area contributed by atoms with Crippen molar-refractivity contribution >= 4 is 11.7 Å². The van der Waals surface area contributed by atoms with Crippen molar-refractivity contribution in [3.63, 3.8) is 0 Å². The summed E-state index contributed by atoms with van der Waals surface area (Å²) in [4.78, 5) is 29.2. The van der Waals surface area contributed by atoms with Crippen molar-refractivity contribution in [2.24, 2.45) is 5.92 Å². The van der Waals surface area contributed by atoms with Crippen LogP contribution in [0.4, 0.5) is 5.82 Å². The first-order chi connectivity index (χ1) is 13.8. The number of carbonyl (C=O) groups excluding carboxylic acids is 1. The molecule has 6 nitrogen and oxygen atoms in total. The summed E-state index contributed by atoms with van der Waals surface area (Å²) in [6.45, 7) is 6.26. The zero-order chi connectivity index (χ0) is 18.9. The van der Waals surface area contributed by atoms with E-state index in [0.717, 1.165) is 58.5 Å². The Morgan fingerprint density at radius 3 is 2.54 bits per heavy atom. The van der Waals surface area contributed by atoms with E-state index in [9.17, 15) is 4.79 Å². The van der Waals surface area contributed by atoms with Crippen LogP contribution in [0.1, 0.15) is 56.2 Å². The largest absolute Gasteiger partial charge is 0.356 e. The van der Waals surface area contributed by atoms with Gasteiger partial charge < -0.3 is 9.80 Å². The van der Waals surface area contributed by atoms with Crippen molar-refractivity contribution in [2.75, 3.05) is 44.2 Å². The van der Waals surface area contributed by atoms with Gasteiger partial charge in [-0.3, -0.25) is 9.69 Å². The van der Waals surface area contributed by atoms with E-state index in [2.05, 4.69) is 24.7 Å². The van der Waals surface area contributed by atoms with Gasteiger partial charge in [-0.05, 0) is 64.3 Å². The highest BCUT2D eigenvalue weighted by Crippen LogP contribution is 2.31. The molecule has 1 atom stereocenters. The lowest BCUT2D eigenvalue weighted by Gasteiger charge is -2.43. The molecule has 3 saturated heterocycles. The first-order valence-corrected chi connectivity index (χ1v) is 11.4. The number of carbonyl (C=O) groups is 1. The van der Waals surface area contributed by atoms with Gasteiger partial charge in [0.1, 0.15) is 12.1 Å². The summed E-state index contributed by atoms with van der Waals surface area (Å²) in [6.07, 6.45) is 12.2. The van der Waals surface area contributed by atoms with E-state index < -0.39 is 0 Å². The summed E-state index contributed by atoms with van der Waals surface area (Å²) < 4.78 is 0. The third-order valence-corrected chi connectivity index (χ3v) is 7.35. The van der Waals surface area contributed by atoms with Gasteiger partial charge in [-0.2, -0.15) is 0 Å². The fourth-order valence-corrected chi connectivity index (χ4v) is 5.79. The van der Waals surface area contributed by atoms with Gasteiger partial charge in [0.15, 0.2) is 0 Å². The summed E-state index contributed by atoms with van der Waals surface area (Å²) in [7, 11) is 0. The molecule has 0 bridgehead atoms. The van der Waals surface area contributed by atoms with E-state index in [1.807, 2.05) is 0 Å². The molecule has 4 heterocycles. The molecule has 0 unspecified atom stereocenters. The van der Waals surface area contributed by atoms with Crippen molar-refractivity contribution in [3.8, 4) is 0 Å². The van der Waals surface area contributed by atoms with Crippen molar-refractivity contribution < 1.29 is 4.79 Å². The number of aryl methyl sites for hydroxylation is 1. The number of fused-ring (bicyclic) bond motifs is 1. The monoisotopic (exact) mass is 383 g/mol. The minimum atomic E-state index is 0.231. The minimum absolute atomic E-state index is 0.231. The molecule has 0 spiro atoms. The van der Waals surface area contributed by atoms with Crippen LogP contribution in [0.5, 0.6) is 0 Å². The van der Waals surface area contributed by atoms with Crippen LogP contribution in [0.3, 0.4) is 0 Å². The molecule has 1 aromatic rings. The minimum Gasteiger partial charge on any atom is -0.356 e. The second-order valence-corrected chi connectivity index (χ2v) is 9.06. The maximum absolute atomic E-state index is 12.9. The van der Waals surface area contributed by atoms with Gasteiger partial charge in [-0.25, -0.2) is 9.97 Å². The van der Waals surface area contributed by atoms with Gasteiger partial charge in [0.2, 0.25) is 5.91 Å². The van der Waals surface area contributed by atoms with Crippen LogP contribution in [0.15, 0.2) is 6.33 Å². The van der Waals surface area contributed by atoms with E-state index >= 15 is 0 Å². The lowest BCUT2D eigenvalue weighted by molar-refractivity contribution is -0.136. The van der Waals surface area contributed by atoms with Crippen molar-refractivity contribution in [1.82, 2.24) is 19.8 Å². The highest BCUT2D eigenvalue weighted by molar-refractivity contribution is 5.79. The molecule has 3 fully saturated rings. The quantitative estimate of drug-likeness (QED) is 0.801. The number of hydrogen-bond acceptors (Lipinski definition) is 5. The average Bonchev–Trinajstić information content (AvgIpc) is 3.45. The fourth-order valence-electron chi connectivity index (χ4n) is 5.79. The van der Waals surface area contributed by atoms with Gasteiger partial charge >= 0.3 is 0 Å². The van der Waals surface area contributed by atoms with Gasteiger partial charge in [0.05, 0.1) is 5.92 Å². The Bertz CT molecular complexity index is 709. The Hall–Kier alpha value is -1.69. The van der Waals surface area contributed by atoms with E-state index in [1.165, 1.54) is 55.6 Å². The van der Waals surface area contributed by atoms with E-state index in [-0.39, 0.29) is 5.92 Å². The molecule has 6 heteroatoms. The van der Waals surface area contributed by atoms with Crippen LogP contribution in [-0.4, -0.2) is 71.0 Å². The first-order valence-electron chi connectivity index (χ1n) is 11.4. The molecule has 0 saturated carbocycles. The maximum Gasteiger partial charge on any atom is 0.226 e. The molecule has 0 radical (unpaired) electrons. The third-order valence-electron chi connectivity index (χ3n) is 7.35. The first kappa shape index (κ1) is 18.3. The lowest BCUT2D eigenvalue weighted by Crippen LogP contribution is -2.51. The molecule has 1 aromatic heterocycles. The van der Waals surface area contributed by atoms with Gasteiger partial charge in [0.25, 0.3) is 0 Å². The standard InChI is InChI=1S/C22H33N5O/c28-22(26-10-1-2-11-26)17-5-4-12-27(15-17)18-8-13-25(14-9-18)21-19-6-3-7-20(19)23-16-24-21/h16-18H,1-15H2/t17-/m1/s1. The third kappa shape index (κ3) is 3.51. The number of rotatable bonds is 3. The molecule has 1 aliphatic carbocycles. The van der Waals surface area contributed by atoms with Crippen LogP contribution in [0, 0.1) is 5.92 Å². The molecule has 1 amide bonds. The second-order valence-electron chi connectivity index (χ2n) is 9.06. The smallest absolute Gasteiger partial charge is 0.226 e. The SMILES string of the molecule is O=C([C@@H]1CCCN(C2CCN(c3ncnc4c3CCC4)CC2)C1)N1CCCC1. The molecule has 0 N–H and O–H groups in total. The number of likely N-dealkylation sites (tertiary alicyclic amines) is 2. The van der Waals surface area contributed by atoms with Crippen molar-refractivity contribution in [1.29, 1.82) is 0 Å². The molecule has 3 aliphatic heterocycles. The van der Waals surface area contributed by atoms with Crippen LogP contribution < -0.4 is 4.90 Å². The topological polar surface area (TPSA) is 52.6 Å². The Morgan fingerprint density at radius 1 is 0.893 bits per heavy atom. The van der Waals surface area contributed by atoms with E-state index in [1.54, 1.807) is 6.33 Å². The number of nitrogens with zero attached hydrogens (tertiary/aromatic N) is 5. The summed E-state index contributed by atoms with van der Waals surface area (Å²) in [6, 6.07) is 0.625. The molecule has 5 rings (SSSR count). The lowest BCUT2D eigenvalue weighted by atomic mass is 9.93. The van der Waals surface area contributed by atoms with Gasteiger partial charge in [-0.15, -0.1) is 0 Å². The van der Waals surface area contributed by atoms with Crippen molar-refractivity contribution in [2.45, 2.75) is 63.8 Å². The van der Waals surface area contributed by atoms with Crippen LogP contribution in [-0.2, 0) is 17.6 Å².